The fraction of sp³-hybridized carbons (Fsp3) is 0. The van der Waals surface area contributed by atoms with Crippen LogP contribution in [0.1, 0.15) is 26.2 Å². The van der Waals surface area contributed by atoms with E-state index in [4.69, 9.17) is 5.48 Å². The molecule has 0 heterocycles. The van der Waals surface area contributed by atoms with E-state index in [9.17, 15) is 9.59 Å². The maximum atomic E-state index is 10.5. The molecule has 1 rings (SSSR count). The minimum Gasteiger partial charge on any atom is -0.298 e. The molecule has 50 valence electrons. The third-order valence-corrected chi connectivity index (χ3v) is 0.899. The van der Waals surface area contributed by atoms with Crippen molar-refractivity contribution in [3.05, 3.63) is 35.3 Å². The molecular weight excluding hydrogens is 128 g/mol. The summed E-state index contributed by atoms with van der Waals surface area (Å²) in [5, 5.41) is 0. The van der Waals surface area contributed by atoms with Gasteiger partial charge in [0.1, 0.15) is 12.6 Å². The first-order chi connectivity index (χ1) is 6.54. The largest absolute Gasteiger partial charge is 0.298 e. The average molecular weight is 138 g/mol. The molecule has 0 unspecified atom stereocenters. The standard InChI is InChI=1S/C8H6O2/c9-5-7-1-2-8(6-10)4-3-7/h1-6H/i1D,2D,3D,4D. The van der Waals surface area contributed by atoms with E-state index in [-0.39, 0.29) is 23.7 Å². The van der Waals surface area contributed by atoms with Crippen LogP contribution in [-0.2, 0) is 0 Å². The SMILES string of the molecule is [2H]c1c([2H])c(C=O)c([2H])c([2H])c1C=O. The lowest BCUT2D eigenvalue weighted by atomic mass is 10.2. The predicted octanol–water partition coefficient (Wildman–Crippen LogP) is 1.31. The Hall–Kier alpha value is -1.44. The van der Waals surface area contributed by atoms with Crippen molar-refractivity contribution in [1.82, 2.24) is 0 Å². The van der Waals surface area contributed by atoms with Gasteiger partial charge in [0.15, 0.2) is 0 Å². The number of carbonyl (C=O) groups excluding carboxylic acids is 2. The summed E-state index contributed by atoms with van der Waals surface area (Å²) in [6.07, 6.45) is 0.491. The number of hydrogen-bond donors (Lipinski definition) is 0. The van der Waals surface area contributed by atoms with Crippen LogP contribution < -0.4 is 0 Å². The van der Waals surface area contributed by atoms with Gasteiger partial charge in [0.25, 0.3) is 0 Å². The summed E-state index contributed by atoms with van der Waals surface area (Å²) in [5.41, 5.74) is -0.656. The molecule has 10 heavy (non-hydrogen) atoms. The molecule has 1 aromatic carbocycles. The van der Waals surface area contributed by atoms with E-state index >= 15 is 0 Å². The summed E-state index contributed by atoms with van der Waals surface area (Å²) in [6, 6.07) is -1.93. The minimum atomic E-state index is -0.483. The van der Waals surface area contributed by atoms with Crippen molar-refractivity contribution in [2.24, 2.45) is 0 Å². The van der Waals surface area contributed by atoms with E-state index < -0.39 is 24.2 Å². The molecule has 1 aromatic rings. The molecule has 0 aliphatic rings. The van der Waals surface area contributed by atoms with E-state index in [1.807, 2.05) is 0 Å². The number of aldehydes is 2. The smallest absolute Gasteiger partial charge is 0.150 e. The normalized spacial score (nSPS) is 14.4. The van der Waals surface area contributed by atoms with Gasteiger partial charge in [0.05, 0.1) is 5.48 Å². The lowest BCUT2D eigenvalue weighted by Gasteiger charge is -1.88. The zero-order valence-corrected chi connectivity index (χ0v) is 4.97. The van der Waals surface area contributed by atoms with Gasteiger partial charge in [-0.05, 0) is 0 Å². The van der Waals surface area contributed by atoms with E-state index in [2.05, 4.69) is 0 Å². The highest BCUT2D eigenvalue weighted by atomic mass is 16.1. The van der Waals surface area contributed by atoms with Gasteiger partial charge in [-0.25, -0.2) is 0 Å². The van der Waals surface area contributed by atoms with Crippen molar-refractivity contribution >= 4 is 12.6 Å². The molecule has 0 fully saturated rings. The maximum Gasteiger partial charge on any atom is 0.150 e. The van der Waals surface area contributed by atoms with Crippen LogP contribution in [0.2, 0.25) is 0 Å². The molecule has 0 atom stereocenters. The highest BCUT2D eigenvalue weighted by Crippen LogP contribution is 1.98. The van der Waals surface area contributed by atoms with Gasteiger partial charge in [-0.15, -0.1) is 0 Å². The van der Waals surface area contributed by atoms with E-state index in [0.717, 1.165) is 0 Å². The highest BCUT2D eigenvalue weighted by molar-refractivity contribution is 5.79. The molecule has 0 saturated heterocycles. The summed E-state index contributed by atoms with van der Waals surface area (Å²) in [4.78, 5) is 20.9. The third kappa shape index (κ3) is 1.29. The van der Waals surface area contributed by atoms with Gasteiger partial charge in [-0.2, -0.15) is 0 Å². The fourth-order valence-corrected chi connectivity index (χ4v) is 0.450. The number of hydrogen-bond acceptors (Lipinski definition) is 2. The molecule has 0 N–H and O–H groups in total. The van der Waals surface area contributed by atoms with Crippen LogP contribution in [0.15, 0.2) is 24.2 Å². The molecule has 0 radical (unpaired) electrons. The second-order valence-electron chi connectivity index (χ2n) is 1.56. The minimum absolute atomic E-state index is 0.245. The summed E-state index contributed by atoms with van der Waals surface area (Å²) in [6.45, 7) is 0. The van der Waals surface area contributed by atoms with Crippen molar-refractivity contribution in [2.75, 3.05) is 0 Å². The molecule has 0 aromatic heterocycles. The van der Waals surface area contributed by atoms with Crippen LogP contribution in [0.4, 0.5) is 0 Å². The first-order valence-corrected chi connectivity index (χ1v) is 2.55. The Morgan fingerprint density at radius 1 is 1.00 bits per heavy atom. The molecule has 0 aliphatic heterocycles. The zero-order valence-electron chi connectivity index (χ0n) is 8.97. The monoisotopic (exact) mass is 138 g/mol. The molecular formula is C8H6O2. The molecule has 0 spiro atoms. The van der Waals surface area contributed by atoms with Gasteiger partial charge in [0.2, 0.25) is 0 Å². The van der Waals surface area contributed by atoms with Gasteiger partial charge < -0.3 is 0 Å². The predicted molar refractivity (Wildman–Crippen MR) is 37.2 cm³/mol. The Balaban J connectivity index is 3.71. The van der Waals surface area contributed by atoms with Gasteiger partial charge in [0, 0.05) is 11.1 Å². The molecule has 0 aliphatic carbocycles. The van der Waals surface area contributed by atoms with Gasteiger partial charge >= 0.3 is 0 Å². The number of rotatable bonds is 2. The lowest BCUT2D eigenvalue weighted by Crippen LogP contribution is -1.81. The first kappa shape index (κ1) is 3.10. The summed E-state index contributed by atoms with van der Waals surface area (Å²) >= 11 is 0. The van der Waals surface area contributed by atoms with Crippen LogP contribution in [0.25, 0.3) is 0 Å². The first-order valence-electron chi connectivity index (χ1n) is 4.55. The molecule has 0 amide bonds. The van der Waals surface area contributed by atoms with Crippen molar-refractivity contribution in [3.63, 3.8) is 0 Å². The second kappa shape index (κ2) is 2.92. The van der Waals surface area contributed by atoms with E-state index in [0.29, 0.717) is 0 Å². The average Bonchev–Trinajstić information content (AvgIpc) is 2.17. The van der Waals surface area contributed by atoms with Gasteiger partial charge in [-0.3, -0.25) is 9.59 Å². The third-order valence-electron chi connectivity index (χ3n) is 0.899. The van der Waals surface area contributed by atoms with Crippen LogP contribution in [-0.4, -0.2) is 12.6 Å². The van der Waals surface area contributed by atoms with Crippen LogP contribution in [0.5, 0.6) is 0 Å². The molecule has 0 bridgehead atoms. The number of carbonyl (C=O) groups is 2. The van der Waals surface area contributed by atoms with Crippen LogP contribution in [0, 0.1) is 0 Å². The van der Waals surface area contributed by atoms with E-state index in [1.165, 1.54) is 0 Å². The lowest BCUT2D eigenvalue weighted by molar-refractivity contribution is 0.111. The Morgan fingerprint density at radius 3 is 1.50 bits per heavy atom. The highest BCUT2D eigenvalue weighted by Gasteiger charge is 1.88. The van der Waals surface area contributed by atoms with Crippen LogP contribution >= 0.6 is 0 Å². The fourth-order valence-electron chi connectivity index (χ4n) is 0.450. The number of benzene rings is 1. The van der Waals surface area contributed by atoms with Gasteiger partial charge in [-0.1, -0.05) is 24.2 Å². The Kier molecular flexibility index (Phi) is 0.905. The maximum absolute atomic E-state index is 10.5. The Bertz CT molecular complexity index is 346. The van der Waals surface area contributed by atoms with Crippen molar-refractivity contribution in [3.8, 4) is 0 Å². The zero-order chi connectivity index (χ0) is 10.9. The topological polar surface area (TPSA) is 34.1 Å². The molecule has 2 heteroatoms. The summed E-state index contributed by atoms with van der Waals surface area (Å²) < 4.78 is 29.2. The summed E-state index contributed by atoms with van der Waals surface area (Å²) in [7, 11) is 0. The second-order valence-corrected chi connectivity index (χ2v) is 1.56. The molecule has 2 nitrogen and oxygen atoms in total. The van der Waals surface area contributed by atoms with Crippen molar-refractivity contribution in [2.45, 2.75) is 0 Å². The van der Waals surface area contributed by atoms with Crippen molar-refractivity contribution < 1.29 is 15.1 Å². The van der Waals surface area contributed by atoms with Crippen molar-refractivity contribution in [1.29, 1.82) is 0 Å². The van der Waals surface area contributed by atoms with E-state index in [1.54, 1.807) is 0 Å². The Morgan fingerprint density at radius 2 is 1.30 bits per heavy atom. The summed E-state index contributed by atoms with van der Waals surface area (Å²) in [5.74, 6) is 0. The van der Waals surface area contributed by atoms with Crippen LogP contribution in [0.3, 0.4) is 0 Å². The molecule has 0 saturated carbocycles. The Labute approximate surface area is 64.1 Å². The quantitative estimate of drug-likeness (QED) is 0.577.